The maximum atomic E-state index is 5.43. The molecule has 12 rings (SSSR count). The molecule has 0 saturated heterocycles. The molecule has 10 aromatic rings. The van der Waals surface area contributed by atoms with Crippen LogP contribution in [0.3, 0.4) is 0 Å². The summed E-state index contributed by atoms with van der Waals surface area (Å²) in [6, 6.07) is 81.1. The number of nitrogens with zero attached hydrogens (tertiary/aromatic N) is 3. The highest BCUT2D eigenvalue weighted by Crippen LogP contribution is 2.58. The zero-order valence-electron chi connectivity index (χ0n) is 35.7. The van der Waals surface area contributed by atoms with Crippen LogP contribution >= 0.6 is 0 Å². The highest BCUT2D eigenvalue weighted by molar-refractivity contribution is 5.95. The lowest BCUT2D eigenvalue weighted by molar-refractivity contribution is 0.660. The van der Waals surface area contributed by atoms with Gasteiger partial charge in [-0.05, 0) is 96.1 Å². The average Bonchev–Trinajstić information content (AvgIpc) is 3.79. The summed E-state index contributed by atoms with van der Waals surface area (Å²) in [5.41, 5.74) is 19.2. The fourth-order valence-electron chi connectivity index (χ4n) is 10.6. The van der Waals surface area contributed by atoms with Gasteiger partial charge in [-0.15, -0.1) is 0 Å². The molecule has 302 valence electrons. The van der Waals surface area contributed by atoms with E-state index in [1.807, 2.05) is 24.3 Å². The van der Waals surface area contributed by atoms with Gasteiger partial charge in [0.25, 0.3) is 0 Å². The second kappa shape index (κ2) is 14.8. The van der Waals surface area contributed by atoms with Crippen molar-refractivity contribution in [2.45, 2.75) is 24.7 Å². The maximum absolute atomic E-state index is 5.43. The Morgan fingerprint density at radius 3 is 1.33 bits per heavy atom. The first kappa shape index (κ1) is 37.7. The molecule has 0 saturated carbocycles. The highest BCUT2D eigenvalue weighted by atomic mass is 15.0. The molecule has 0 aliphatic heterocycles. The van der Waals surface area contributed by atoms with Crippen molar-refractivity contribution in [2.24, 2.45) is 0 Å². The van der Waals surface area contributed by atoms with Crippen LogP contribution in [0.4, 0.5) is 0 Å². The summed E-state index contributed by atoms with van der Waals surface area (Å²) >= 11 is 0. The van der Waals surface area contributed by atoms with Crippen LogP contribution in [-0.4, -0.2) is 15.0 Å². The van der Waals surface area contributed by atoms with Crippen molar-refractivity contribution in [1.82, 2.24) is 15.0 Å². The molecule has 9 aromatic carbocycles. The third kappa shape index (κ3) is 5.85. The van der Waals surface area contributed by atoms with Crippen LogP contribution < -0.4 is 0 Å². The Morgan fingerprint density at radius 1 is 0.266 bits per heavy atom. The molecule has 0 unspecified atom stereocenters. The molecule has 0 spiro atoms. The van der Waals surface area contributed by atoms with Crippen molar-refractivity contribution < 1.29 is 0 Å². The molecule has 64 heavy (non-hydrogen) atoms. The van der Waals surface area contributed by atoms with Gasteiger partial charge in [0.05, 0.1) is 5.41 Å². The van der Waals surface area contributed by atoms with Crippen molar-refractivity contribution in [3.05, 3.63) is 258 Å². The van der Waals surface area contributed by atoms with E-state index in [-0.39, 0.29) is 5.41 Å². The molecular formula is C61H43N3. The lowest BCUT2D eigenvalue weighted by atomic mass is 9.67. The SMILES string of the molecule is CC1(C)c2ccccc2-c2ccc(-c3cc4c(cc3-c3nc(-c5ccccc5)nc(-c5ccc(-c6ccccc6)cc5)n3)-c3ccccc3C4(c3ccccc3)c3ccccc3)cc21. The van der Waals surface area contributed by atoms with E-state index in [2.05, 4.69) is 214 Å². The third-order valence-corrected chi connectivity index (χ3v) is 13.6. The summed E-state index contributed by atoms with van der Waals surface area (Å²) in [6.45, 7) is 4.70. The van der Waals surface area contributed by atoms with Crippen LogP contribution in [0.5, 0.6) is 0 Å². The Morgan fingerprint density at radius 2 is 0.703 bits per heavy atom. The number of aromatic nitrogens is 3. The van der Waals surface area contributed by atoms with Gasteiger partial charge in [0.1, 0.15) is 0 Å². The number of fused-ring (bicyclic) bond motifs is 6. The number of rotatable bonds is 7. The van der Waals surface area contributed by atoms with Gasteiger partial charge in [0.2, 0.25) is 0 Å². The zero-order valence-corrected chi connectivity index (χ0v) is 35.7. The Balaban J connectivity index is 1.15. The summed E-state index contributed by atoms with van der Waals surface area (Å²) in [5, 5.41) is 0. The minimum absolute atomic E-state index is 0.181. The van der Waals surface area contributed by atoms with Crippen LogP contribution in [0.1, 0.15) is 47.2 Å². The molecule has 0 N–H and O–H groups in total. The molecule has 2 aliphatic carbocycles. The second-order valence-electron chi connectivity index (χ2n) is 17.5. The molecule has 1 heterocycles. The molecule has 1 aromatic heterocycles. The first-order valence-electron chi connectivity index (χ1n) is 22.1. The van der Waals surface area contributed by atoms with Gasteiger partial charge in [0.15, 0.2) is 17.5 Å². The third-order valence-electron chi connectivity index (χ3n) is 13.6. The monoisotopic (exact) mass is 817 g/mol. The van der Waals surface area contributed by atoms with E-state index in [1.54, 1.807) is 0 Å². The fourth-order valence-corrected chi connectivity index (χ4v) is 10.6. The molecule has 0 radical (unpaired) electrons. The molecule has 0 bridgehead atoms. The van der Waals surface area contributed by atoms with Gasteiger partial charge in [-0.3, -0.25) is 0 Å². The summed E-state index contributed by atoms with van der Waals surface area (Å²) in [4.78, 5) is 16.0. The lowest BCUT2D eigenvalue weighted by Gasteiger charge is -2.34. The molecular weight excluding hydrogens is 775 g/mol. The topological polar surface area (TPSA) is 38.7 Å². The van der Waals surface area contributed by atoms with Gasteiger partial charge in [-0.1, -0.05) is 220 Å². The largest absolute Gasteiger partial charge is 0.208 e. The first-order chi connectivity index (χ1) is 31.5. The van der Waals surface area contributed by atoms with Crippen molar-refractivity contribution in [1.29, 1.82) is 0 Å². The van der Waals surface area contributed by atoms with E-state index in [1.165, 1.54) is 61.2 Å². The first-order valence-corrected chi connectivity index (χ1v) is 22.1. The molecule has 3 heteroatoms. The van der Waals surface area contributed by atoms with Crippen LogP contribution in [0.2, 0.25) is 0 Å². The molecule has 0 fully saturated rings. The van der Waals surface area contributed by atoms with Crippen LogP contribution in [-0.2, 0) is 10.8 Å². The van der Waals surface area contributed by atoms with E-state index in [0.29, 0.717) is 17.5 Å². The van der Waals surface area contributed by atoms with Gasteiger partial charge in [0, 0.05) is 22.1 Å². The standard InChI is InChI=1S/C61H43N3/c1-60(2)53-29-17-15-27-47(53)49-36-35-44(37-55(49)60)50-39-56-51(48-28-16-18-30-54(48)61(56,45-23-11-5-12-24-45)46-25-13-6-14-26-46)38-52(50)59-63-57(42-21-9-4-10-22-42)62-58(64-59)43-33-31-41(32-34-43)40-19-7-3-8-20-40/h3-39H,1-2H3. The predicted octanol–water partition coefficient (Wildman–Crippen LogP) is 14.9. The Labute approximate surface area is 374 Å². The van der Waals surface area contributed by atoms with Crippen molar-refractivity contribution in [3.63, 3.8) is 0 Å². The second-order valence-corrected chi connectivity index (χ2v) is 17.5. The van der Waals surface area contributed by atoms with E-state index in [9.17, 15) is 0 Å². The maximum Gasteiger partial charge on any atom is 0.164 e. The van der Waals surface area contributed by atoms with Crippen LogP contribution in [0.15, 0.2) is 224 Å². The van der Waals surface area contributed by atoms with Crippen molar-refractivity contribution >= 4 is 0 Å². The Hall–Kier alpha value is -8.01. The summed E-state index contributed by atoms with van der Waals surface area (Å²) in [7, 11) is 0. The molecule has 0 amide bonds. The van der Waals surface area contributed by atoms with Gasteiger partial charge in [-0.25, -0.2) is 15.0 Å². The predicted molar refractivity (Wildman–Crippen MR) is 262 cm³/mol. The van der Waals surface area contributed by atoms with Crippen molar-refractivity contribution in [3.8, 4) is 78.7 Å². The normalized spacial score (nSPS) is 13.7. The summed E-state index contributed by atoms with van der Waals surface area (Å²) < 4.78 is 0. The molecule has 2 aliphatic rings. The highest BCUT2D eigenvalue weighted by Gasteiger charge is 2.47. The van der Waals surface area contributed by atoms with Gasteiger partial charge < -0.3 is 0 Å². The lowest BCUT2D eigenvalue weighted by Crippen LogP contribution is -2.28. The van der Waals surface area contributed by atoms with E-state index in [4.69, 9.17) is 15.0 Å². The van der Waals surface area contributed by atoms with Gasteiger partial charge in [-0.2, -0.15) is 0 Å². The quantitative estimate of drug-likeness (QED) is 0.161. The molecule has 0 atom stereocenters. The zero-order chi connectivity index (χ0) is 42.8. The van der Waals surface area contributed by atoms with Crippen LogP contribution in [0.25, 0.3) is 78.7 Å². The Bertz CT molecular complexity index is 3340. The summed E-state index contributed by atoms with van der Waals surface area (Å²) in [5.74, 6) is 1.89. The Kier molecular flexibility index (Phi) is 8.74. The van der Waals surface area contributed by atoms with E-state index in [0.717, 1.165) is 33.4 Å². The minimum atomic E-state index is -0.575. The average molecular weight is 818 g/mol. The minimum Gasteiger partial charge on any atom is -0.208 e. The molecule has 3 nitrogen and oxygen atoms in total. The van der Waals surface area contributed by atoms with Crippen LogP contribution in [0, 0.1) is 0 Å². The van der Waals surface area contributed by atoms with Crippen molar-refractivity contribution in [2.75, 3.05) is 0 Å². The van der Waals surface area contributed by atoms with Gasteiger partial charge >= 0.3 is 0 Å². The summed E-state index contributed by atoms with van der Waals surface area (Å²) in [6.07, 6.45) is 0. The smallest absolute Gasteiger partial charge is 0.164 e. The number of hydrogen-bond donors (Lipinski definition) is 0. The number of benzene rings is 9. The fraction of sp³-hybridized carbons (Fsp3) is 0.0656. The van der Waals surface area contributed by atoms with E-state index >= 15 is 0 Å². The number of hydrogen-bond acceptors (Lipinski definition) is 3. The van der Waals surface area contributed by atoms with E-state index < -0.39 is 5.41 Å².